The number of rotatable bonds is 5. The minimum atomic E-state index is -1.39. The summed E-state index contributed by atoms with van der Waals surface area (Å²) in [5.74, 6) is -1.28. The van der Waals surface area contributed by atoms with Crippen LogP contribution in [-0.4, -0.2) is 26.1 Å². The predicted octanol–water partition coefficient (Wildman–Crippen LogP) is 1.31. The molecule has 3 atom stereocenters. The minimum absolute atomic E-state index is 0.270. The quantitative estimate of drug-likeness (QED) is 0.704. The van der Waals surface area contributed by atoms with Crippen molar-refractivity contribution in [2.75, 3.05) is 0 Å². The van der Waals surface area contributed by atoms with E-state index in [1.54, 1.807) is 27.7 Å². The molecule has 5 heteroatoms. The molecule has 4 nitrogen and oxygen atoms in total. The number of hydrogen-bond acceptors (Lipinski definition) is 2. The molecule has 0 aromatic heterocycles. The molecule has 0 aromatic rings. The van der Waals surface area contributed by atoms with Crippen LogP contribution in [0.1, 0.15) is 27.7 Å². The van der Waals surface area contributed by atoms with Crippen molar-refractivity contribution in [3.63, 3.8) is 0 Å². The maximum atomic E-state index is 11.7. The third kappa shape index (κ3) is 4.57. The largest absolute Gasteiger partial charge is 0.480 e. The lowest BCUT2D eigenvalue weighted by Gasteiger charge is -2.24. The first-order valence-corrected chi connectivity index (χ1v) is 5.88. The molecule has 2 N–H and O–H groups in total. The molecule has 0 bridgehead atoms. The summed E-state index contributed by atoms with van der Waals surface area (Å²) < 4.78 is 13.8. The Morgan fingerprint density at radius 3 is 2.27 bits per heavy atom. The second-order valence-electron chi connectivity index (χ2n) is 4.41. The summed E-state index contributed by atoms with van der Waals surface area (Å²) >= 11 is 0. The van der Waals surface area contributed by atoms with Crippen molar-refractivity contribution in [1.29, 1.82) is 0 Å². The van der Waals surface area contributed by atoms with Gasteiger partial charge >= 0.3 is 5.97 Å². The van der Waals surface area contributed by atoms with Crippen molar-refractivity contribution >= 4 is 17.0 Å². The molecule has 0 aliphatic heterocycles. The topological polar surface area (TPSA) is 66.4 Å². The lowest BCUT2D eigenvalue weighted by Crippen LogP contribution is -2.46. The van der Waals surface area contributed by atoms with E-state index < -0.39 is 27.7 Å². The first kappa shape index (κ1) is 14.3. The Morgan fingerprint density at radius 2 is 2.00 bits per heavy atom. The van der Waals surface area contributed by atoms with Crippen molar-refractivity contribution < 1.29 is 14.1 Å². The van der Waals surface area contributed by atoms with Gasteiger partial charge < -0.3 is 5.11 Å². The monoisotopic (exact) mass is 233 g/mol. The normalized spacial score (nSPS) is 17.9. The SMILES string of the molecule is C=C[C@@H](C)[C@@H](NS(=O)C(C)(C)C)C(=O)O. The highest BCUT2D eigenvalue weighted by atomic mass is 32.2. The van der Waals surface area contributed by atoms with E-state index in [4.69, 9.17) is 5.11 Å². The third-order valence-corrected chi connectivity index (χ3v) is 3.53. The second-order valence-corrected chi connectivity index (χ2v) is 6.41. The highest BCUT2D eigenvalue weighted by Crippen LogP contribution is 2.12. The van der Waals surface area contributed by atoms with Crippen LogP contribution in [0, 0.1) is 5.92 Å². The lowest BCUT2D eigenvalue weighted by atomic mass is 10.0. The highest BCUT2D eigenvalue weighted by molar-refractivity contribution is 7.84. The van der Waals surface area contributed by atoms with Crippen LogP contribution < -0.4 is 4.72 Å². The van der Waals surface area contributed by atoms with Gasteiger partial charge in [-0.25, -0.2) is 8.93 Å². The Morgan fingerprint density at radius 1 is 1.53 bits per heavy atom. The number of carbonyl (C=O) groups is 1. The van der Waals surface area contributed by atoms with E-state index in [9.17, 15) is 9.00 Å². The third-order valence-electron chi connectivity index (χ3n) is 1.95. The Labute approximate surface area is 93.3 Å². The molecule has 0 amide bonds. The van der Waals surface area contributed by atoms with Gasteiger partial charge in [-0.15, -0.1) is 6.58 Å². The molecule has 0 heterocycles. The Balaban J connectivity index is 4.64. The van der Waals surface area contributed by atoms with Crippen molar-refractivity contribution in [3.8, 4) is 0 Å². The van der Waals surface area contributed by atoms with Crippen LogP contribution in [0.5, 0.6) is 0 Å². The average Bonchev–Trinajstić information content (AvgIpc) is 2.10. The molecule has 0 fully saturated rings. The van der Waals surface area contributed by atoms with Crippen LogP contribution in [-0.2, 0) is 15.8 Å². The average molecular weight is 233 g/mol. The molecule has 0 radical (unpaired) electrons. The summed E-state index contributed by atoms with van der Waals surface area (Å²) in [5.41, 5.74) is 0. The molecule has 15 heavy (non-hydrogen) atoms. The Bertz CT molecular complexity index is 270. The predicted molar refractivity (Wildman–Crippen MR) is 61.8 cm³/mol. The molecular weight excluding hydrogens is 214 g/mol. The maximum absolute atomic E-state index is 11.7. The number of carboxylic acid groups (broad SMARTS) is 1. The summed E-state index contributed by atoms with van der Waals surface area (Å²) in [6.45, 7) is 10.6. The highest BCUT2D eigenvalue weighted by Gasteiger charge is 2.28. The molecule has 0 aromatic carbocycles. The van der Waals surface area contributed by atoms with Gasteiger partial charge in [-0.2, -0.15) is 0 Å². The van der Waals surface area contributed by atoms with Crippen molar-refractivity contribution in [2.45, 2.75) is 38.5 Å². The zero-order valence-electron chi connectivity index (χ0n) is 9.61. The van der Waals surface area contributed by atoms with Crippen LogP contribution in [0.25, 0.3) is 0 Å². The van der Waals surface area contributed by atoms with E-state index in [2.05, 4.69) is 11.3 Å². The number of carboxylic acids is 1. The summed E-state index contributed by atoms with van der Waals surface area (Å²) in [6, 6.07) is -0.859. The first-order chi connectivity index (χ1) is 6.70. The van der Waals surface area contributed by atoms with Gasteiger partial charge in [0, 0.05) is 5.92 Å². The van der Waals surface area contributed by atoms with Gasteiger partial charge in [0.25, 0.3) is 0 Å². The minimum Gasteiger partial charge on any atom is -0.480 e. The fourth-order valence-corrected chi connectivity index (χ4v) is 1.71. The Kier molecular flexibility index (Phi) is 5.17. The van der Waals surface area contributed by atoms with Crippen LogP contribution in [0.3, 0.4) is 0 Å². The van der Waals surface area contributed by atoms with Gasteiger partial charge in [0.2, 0.25) is 0 Å². The van der Waals surface area contributed by atoms with E-state index in [-0.39, 0.29) is 5.92 Å². The van der Waals surface area contributed by atoms with Crippen LogP contribution >= 0.6 is 0 Å². The number of nitrogens with one attached hydrogen (secondary N) is 1. The fraction of sp³-hybridized carbons (Fsp3) is 0.700. The summed E-state index contributed by atoms with van der Waals surface area (Å²) in [7, 11) is -1.39. The van der Waals surface area contributed by atoms with E-state index in [0.29, 0.717) is 0 Å². The molecule has 1 unspecified atom stereocenters. The van der Waals surface area contributed by atoms with Crippen molar-refractivity contribution in [3.05, 3.63) is 12.7 Å². The van der Waals surface area contributed by atoms with Crippen molar-refractivity contribution in [2.24, 2.45) is 5.92 Å². The van der Waals surface area contributed by atoms with Crippen LogP contribution in [0.4, 0.5) is 0 Å². The smallest absolute Gasteiger partial charge is 0.322 e. The first-order valence-electron chi connectivity index (χ1n) is 4.73. The van der Waals surface area contributed by atoms with E-state index in [0.717, 1.165) is 0 Å². The van der Waals surface area contributed by atoms with Gasteiger partial charge in [0.05, 0.1) is 15.7 Å². The zero-order valence-corrected chi connectivity index (χ0v) is 10.4. The molecular formula is C10H19NO3S. The fourth-order valence-electron chi connectivity index (χ4n) is 0.811. The van der Waals surface area contributed by atoms with Gasteiger partial charge in [-0.05, 0) is 20.8 Å². The molecule has 0 rings (SSSR count). The molecule has 0 saturated carbocycles. The summed E-state index contributed by atoms with van der Waals surface area (Å²) in [5, 5.41) is 8.94. The molecule has 88 valence electrons. The lowest BCUT2D eigenvalue weighted by molar-refractivity contribution is -0.139. The van der Waals surface area contributed by atoms with E-state index in [1.807, 2.05) is 0 Å². The van der Waals surface area contributed by atoms with Gasteiger partial charge in [0.15, 0.2) is 0 Å². The van der Waals surface area contributed by atoms with E-state index in [1.165, 1.54) is 6.08 Å². The van der Waals surface area contributed by atoms with Crippen molar-refractivity contribution in [1.82, 2.24) is 4.72 Å². The number of aliphatic carboxylic acids is 1. The number of hydrogen-bond donors (Lipinski definition) is 2. The standard InChI is InChI=1S/C10H19NO3S/c1-6-7(2)8(9(12)13)11-15(14)10(3,4)5/h6-8,11H,1H2,2-5H3,(H,12,13)/t7-,8-,15?/m1/s1. The summed E-state index contributed by atoms with van der Waals surface area (Å²) in [4.78, 5) is 10.9. The van der Waals surface area contributed by atoms with E-state index >= 15 is 0 Å². The van der Waals surface area contributed by atoms with Gasteiger partial charge in [0.1, 0.15) is 6.04 Å². The molecule has 0 aliphatic carbocycles. The second kappa shape index (κ2) is 5.42. The van der Waals surface area contributed by atoms with Crippen LogP contribution in [0.15, 0.2) is 12.7 Å². The maximum Gasteiger partial charge on any atom is 0.322 e. The zero-order chi connectivity index (χ0) is 12.2. The van der Waals surface area contributed by atoms with Gasteiger partial charge in [-0.1, -0.05) is 13.0 Å². The Hall–Kier alpha value is -0.680. The van der Waals surface area contributed by atoms with Crippen LogP contribution in [0.2, 0.25) is 0 Å². The molecule has 0 aliphatic rings. The molecule has 0 spiro atoms. The molecule has 0 saturated heterocycles. The summed E-state index contributed by atoms with van der Waals surface area (Å²) in [6.07, 6.45) is 1.53. The van der Waals surface area contributed by atoms with Gasteiger partial charge in [-0.3, -0.25) is 4.79 Å².